The Morgan fingerprint density at radius 1 is 1.16 bits per heavy atom. The Kier molecular flexibility index (Phi) is 5.02. The molecular weight excluding hydrogens is 252 g/mol. The van der Waals surface area contributed by atoms with E-state index < -0.39 is 0 Å². The smallest absolute Gasteiger partial charge is 0.0772 e. The second-order valence-electron chi connectivity index (χ2n) is 4.12. The van der Waals surface area contributed by atoms with Crippen molar-refractivity contribution in [1.82, 2.24) is 0 Å². The predicted molar refractivity (Wildman–Crippen MR) is 83.4 cm³/mol. The Morgan fingerprint density at radius 3 is 2.63 bits per heavy atom. The zero-order valence-corrected chi connectivity index (χ0v) is 11.9. The van der Waals surface area contributed by atoms with Gasteiger partial charge in [-0.1, -0.05) is 30.0 Å². The number of hydrogen-bond acceptors (Lipinski definition) is 3. The van der Waals surface area contributed by atoms with Crippen LogP contribution < -0.4 is 10.6 Å². The second kappa shape index (κ2) is 6.98. The number of anilines is 1. The van der Waals surface area contributed by atoms with Gasteiger partial charge in [0.05, 0.1) is 18.0 Å². The molecule has 0 radical (unpaired) electrons. The second-order valence-corrected chi connectivity index (χ2v) is 5.29. The largest absolute Gasteiger partial charge is 0.367 e. The van der Waals surface area contributed by atoms with Crippen LogP contribution in [0.4, 0.5) is 5.69 Å². The fourth-order valence-corrected chi connectivity index (χ4v) is 2.78. The molecule has 19 heavy (non-hydrogen) atoms. The van der Waals surface area contributed by atoms with E-state index >= 15 is 0 Å². The molecule has 0 saturated carbocycles. The predicted octanol–water partition coefficient (Wildman–Crippen LogP) is 3.08. The topological polar surface area (TPSA) is 29.3 Å². The highest BCUT2D eigenvalue weighted by atomic mass is 32.1. The van der Waals surface area contributed by atoms with Crippen LogP contribution in [0.2, 0.25) is 0 Å². The van der Waals surface area contributed by atoms with Crippen molar-refractivity contribution in [1.29, 1.82) is 0 Å². The summed E-state index contributed by atoms with van der Waals surface area (Å²) in [4.78, 5) is 4.77. The molecule has 0 saturated heterocycles. The lowest BCUT2D eigenvalue weighted by Crippen LogP contribution is -2.21. The normalized spacial score (nSPS) is 9.79. The Morgan fingerprint density at radius 2 is 1.95 bits per heavy atom. The Bertz CT molecular complexity index is 563. The van der Waals surface area contributed by atoms with Crippen LogP contribution in [0.5, 0.6) is 0 Å². The molecule has 1 aromatic heterocycles. The van der Waals surface area contributed by atoms with Gasteiger partial charge in [-0.15, -0.1) is 11.3 Å². The summed E-state index contributed by atoms with van der Waals surface area (Å²) in [6.45, 7) is 4.51. The first-order valence-electron chi connectivity index (χ1n) is 6.41. The molecule has 2 rings (SSSR count). The molecule has 0 atom stereocenters. The Labute approximate surface area is 118 Å². The molecule has 2 nitrogen and oxygen atoms in total. The van der Waals surface area contributed by atoms with E-state index in [2.05, 4.69) is 60.1 Å². The van der Waals surface area contributed by atoms with Gasteiger partial charge in [-0.3, -0.25) is 0 Å². The molecule has 0 bridgehead atoms. The molecule has 3 heteroatoms. The van der Waals surface area contributed by atoms with Gasteiger partial charge in [0.15, 0.2) is 0 Å². The van der Waals surface area contributed by atoms with Crippen molar-refractivity contribution >= 4 is 17.0 Å². The number of hydrogen-bond donors (Lipinski definition) is 1. The van der Waals surface area contributed by atoms with E-state index in [-0.39, 0.29) is 0 Å². The third kappa shape index (κ3) is 3.85. The Balaban J connectivity index is 2.09. The highest BCUT2D eigenvalue weighted by molar-refractivity contribution is 7.12. The molecule has 2 N–H and O–H groups in total. The zero-order chi connectivity index (χ0) is 13.5. The van der Waals surface area contributed by atoms with Gasteiger partial charge in [0.25, 0.3) is 0 Å². The summed E-state index contributed by atoms with van der Waals surface area (Å²) in [5.74, 6) is 5.97. The molecular formula is C16H18N2S. The van der Waals surface area contributed by atoms with Gasteiger partial charge in [-0.05, 0) is 31.2 Å². The Hall–Kier alpha value is -1.76. The van der Waals surface area contributed by atoms with Gasteiger partial charge in [-0.2, -0.15) is 0 Å². The van der Waals surface area contributed by atoms with E-state index in [4.69, 9.17) is 5.73 Å². The monoisotopic (exact) mass is 270 g/mol. The molecule has 0 spiro atoms. The maximum atomic E-state index is 5.38. The third-order valence-corrected chi connectivity index (χ3v) is 3.81. The summed E-state index contributed by atoms with van der Waals surface area (Å²) in [5, 5.41) is 0. The van der Waals surface area contributed by atoms with E-state index in [1.165, 1.54) is 10.6 Å². The van der Waals surface area contributed by atoms with E-state index in [0.717, 1.165) is 18.0 Å². The molecule has 0 fully saturated rings. The summed E-state index contributed by atoms with van der Waals surface area (Å²) in [6.07, 6.45) is 0. The fourth-order valence-electron chi connectivity index (χ4n) is 1.88. The average Bonchev–Trinajstić information content (AvgIpc) is 2.91. The molecule has 0 amide bonds. The lowest BCUT2D eigenvalue weighted by atomic mass is 10.3. The minimum absolute atomic E-state index is 0.415. The molecule has 0 unspecified atom stereocenters. The van der Waals surface area contributed by atoms with Crippen molar-refractivity contribution in [3.05, 3.63) is 52.2 Å². The molecule has 0 aliphatic heterocycles. The van der Waals surface area contributed by atoms with Gasteiger partial charge in [0.2, 0.25) is 0 Å². The van der Waals surface area contributed by atoms with Gasteiger partial charge in [-0.25, -0.2) is 0 Å². The maximum Gasteiger partial charge on any atom is 0.0772 e. The zero-order valence-electron chi connectivity index (χ0n) is 11.1. The quantitative estimate of drug-likeness (QED) is 0.865. The number of benzene rings is 1. The minimum atomic E-state index is 0.415. The van der Waals surface area contributed by atoms with Crippen LogP contribution in [0.1, 0.15) is 16.7 Å². The van der Waals surface area contributed by atoms with Crippen LogP contribution >= 0.6 is 11.3 Å². The first kappa shape index (κ1) is 13.7. The molecule has 2 aromatic rings. The summed E-state index contributed by atoms with van der Waals surface area (Å²) in [5.41, 5.74) is 6.64. The van der Waals surface area contributed by atoms with E-state index in [1.54, 1.807) is 11.3 Å². The van der Waals surface area contributed by atoms with Crippen molar-refractivity contribution in [3.8, 4) is 11.8 Å². The molecule has 98 valence electrons. The van der Waals surface area contributed by atoms with Crippen LogP contribution in [0.3, 0.4) is 0 Å². The van der Waals surface area contributed by atoms with Crippen molar-refractivity contribution in [2.24, 2.45) is 5.73 Å². The van der Waals surface area contributed by atoms with Crippen LogP contribution in [0, 0.1) is 11.8 Å². The highest BCUT2D eigenvalue weighted by Gasteiger charge is 2.06. The van der Waals surface area contributed by atoms with Crippen LogP contribution in [0.15, 0.2) is 42.5 Å². The molecule has 1 aromatic carbocycles. The maximum absolute atomic E-state index is 5.38. The lowest BCUT2D eigenvalue weighted by molar-refractivity contribution is 0.842. The number of thiophene rings is 1. The summed E-state index contributed by atoms with van der Waals surface area (Å²) in [6, 6.07) is 14.7. The summed E-state index contributed by atoms with van der Waals surface area (Å²) in [7, 11) is 0. The number of rotatable bonds is 4. The van der Waals surface area contributed by atoms with Gasteiger partial charge in [0, 0.05) is 17.1 Å². The van der Waals surface area contributed by atoms with Crippen molar-refractivity contribution in [2.75, 3.05) is 18.0 Å². The molecule has 1 heterocycles. The lowest BCUT2D eigenvalue weighted by Gasteiger charge is -2.22. The van der Waals surface area contributed by atoms with E-state index in [1.807, 2.05) is 6.07 Å². The number of nitrogens with two attached hydrogens (primary N) is 1. The average molecular weight is 270 g/mol. The van der Waals surface area contributed by atoms with E-state index in [9.17, 15) is 0 Å². The first-order chi connectivity index (χ1) is 9.33. The number of para-hydroxylation sites is 1. The molecule has 0 aliphatic carbocycles. The van der Waals surface area contributed by atoms with Crippen molar-refractivity contribution < 1.29 is 0 Å². The van der Waals surface area contributed by atoms with Crippen LogP contribution in [-0.4, -0.2) is 13.1 Å². The standard InChI is InChI=1S/C16H18N2S/c1-2-18(14-7-4-3-5-8-14)13-16-11-10-15(19-16)9-6-12-17/h3-5,7-8,10-11H,2,12-13,17H2,1H3. The summed E-state index contributed by atoms with van der Waals surface area (Å²) >= 11 is 1.74. The van der Waals surface area contributed by atoms with Crippen molar-refractivity contribution in [3.63, 3.8) is 0 Å². The van der Waals surface area contributed by atoms with E-state index in [0.29, 0.717) is 6.54 Å². The van der Waals surface area contributed by atoms with Crippen LogP contribution in [0.25, 0.3) is 0 Å². The highest BCUT2D eigenvalue weighted by Crippen LogP contribution is 2.21. The summed E-state index contributed by atoms with van der Waals surface area (Å²) < 4.78 is 0. The van der Waals surface area contributed by atoms with Gasteiger partial charge >= 0.3 is 0 Å². The SMILES string of the molecule is CCN(Cc1ccc(C#CCN)s1)c1ccccc1. The molecule has 0 aliphatic rings. The fraction of sp³-hybridized carbons (Fsp3) is 0.250. The van der Waals surface area contributed by atoms with Gasteiger partial charge in [0.1, 0.15) is 0 Å². The first-order valence-corrected chi connectivity index (χ1v) is 7.22. The number of nitrogens with zero attached hydrogens (tertiary/aromatic N) is 1. The van der Waals surface area contributed by atoms with Crippen molar-refractivity contribution in [2.45, 2.75) is 13.5 Å². The third-order valence-electron chi connectivity index (χ3n) is 2.83. The van der Waals surface area contributed by atoms with Crippen LogP contribution in [-0.2, 0) is 6.54 Å². The van der Waals surface area contributed by atoms with Gasteiger partial charge < -0.3 is 10.6 Å². The minimum Gasteiger partial charge on any atom is -0.367 e.